The summed E-state index contributed by atoms with van der Waals surface area (Å²) in [5, 5.41) is 7.69. The molecule has 0 spiro atoms. The van der Waals surface area contributed by atoms with Crippen LogP contribution in [0.4, 0.5) is 4.39 Å². The van der Waals surface area contributed by atoms with Crippen LogP contribution in [0.1, 0.15) is 17.5 Å². The molecule has 1 atom stereocenters. The van der Waals surface area contributed by atoms with Crippen molar-refractivity contribution in [3.8, 4) is 0 Å². The average molecular weight is 336 g/mol. The van der Waals surface area contributed by atoms with E-state index in [2.05, 4.69) is 10.3 Å². The molecule has 0 bridgehead atoms. The Morgan fingerprint density at radius 1 is 1.39 bits per heavy atom. The molecule has 1 aliphatic rings. The van der Waals surface area contributed by atoms with Crippen LogP contribution in [0.25, 0.3) is 5.57 Å². The molecule has 1 aromatic heterocycles. The predicted molar refractivity (Wildman–Crippen MR) is 85.3 cm³/mol. The molecule has 23 heavy (non-hydrogen) atoms. The van der Waals surface area contributed by atoms with Crippen molar-refractivity contribution >= 4 is 16.7 Å². The third kappa shape index (κ3) is 3.90. The number of aromatic nitrogens is 3. The monoisotopic (exact) mass is 336 g/mol. The maximum Gasteiger partial charge on any atom is 0.167 e. The summed E-state index contributed by atoms with van der Waals surface area (Å²) in [7, 11) is 0. The van der Waals surface area contributed by atoms with Gasteiger partial charge in [-0.25, -0.2) is 13.3 Å². The van der Waals surface area contributed by atoms with Crippen molar-refractivity contribution in [2.75, 3.05) is 19.0 Å². The second-order valence-corrected chi connectivity index (χ2v) is 6.28. The summed E-state index contributed by atoms with van der Waals surface area (Å²) in [6, 6.07) is 5.03. The molecule has 1 aliphatic heterocycles. The van der Waals surface area contributed by atoms with E-state index in [1.54, 1.807) is 23.1 Å². The SMILES string of the molecule is O=S(O)CN1CC=C(c2c(F)cccc2Cn2ccnn2)CC1. The summed E-state index contributed by atoms with van der Waals surface area (Å²) >= 11 is -1.85. The first-order valence-corrected chi connectivity index (χ1v) is 8.52. The minimum Gasteiger partial charge on any atom is -0.305 e. The second kappa shape index (κ2) is 7.12. The minimum absolute atomic E-state index is 0.118. The van der Waals surface area contributed by atoms with Gasteiger partial charge >= 0.3 is 0 Å². The molecular formula is C15H17FN4O2S. The Bertz CT molecular complexity index is 733. The number of halogens is 1. The van der Waals surface area contributed by atoms with Crippen molar-refractivity contribution in [1.82, 2.24) is 19.9 Å². The highest BCUT2D eigenvalue weighted by Crippen LogP contribution is 2.28. The third-order valence-corrected chi connectivity index (χ3v) is 4.40. The topological polar surface area (TPSA) is 71.2 Å². The van der Waals surface area contributed by atoms with E-state index < -0.39 is 11.1 Å². The molecule has 3 rings (SSSR count). The van der Waals surface area contributed by atoms with Gasteiger partial charge in [-0.2, -0.15) is 0 Å². The van der Waals surface area contributed by atoms with E-state index in [0.29, 0.717) is 31.6 Å². The van der Waals surface area contributed by atoms with E-state index in [9.17, 15) is 8.60 Å². The zero-order chi connectivity index (χ0) is 16.2. The Kier molecular flexibility index (Phi) is 4.94. The maximum absolute atomic E-state index is 14.4. The fraction of sp³-hybridized carbons (Fsp3) is 0.333. The van der Waals surface area contributed by atoms with E-state index in [4.69, 9.17) is 4.55 Å². The lowest BCUT2D eigenvalue weighted by Crippen LogP contribution is -2.31. The summed E-state index contributed by atoms with van der Waals surface area (Å²) in [5.74, 6) is -0.139. The molecule has 2 heterocycles. The fourth-order valence-corrected chi connectivity index (χ4v) is 3.31. The molecular weight excluding hydrogens is 319 g/mol. The van der Waals surface area contributed by atoms with E-state index in [-0.39, 0.29) is 11.7 Å². The largest absolute Gasteiger partial charge is 0.305 e. The molecule has 6 nitrogen and oxygen atoms in total. The molecule has 1 unspecified atom stereocenters. The summed E-state index contributed by atoms with van der Waals surface area (Å²) in [5.41, 5.74) is 2.38. The maximum atomic E-state index is 14.4. The molecule has 0 radical (unpaired) electrons. The van der Waals surface area contributed by atoms with E-state index in [0.717, 1.165) is 11.1 Å². The summed E-state index contributed by atoms with van der Waals surface area (Å²) < 4.78 is 35.9. The van der Waals surface area contributed by atoms with Crippen LogP contribution >= 0.6 is 0 Å². The normalized spacial score (nSPS) is 17.0. The van der Waals surface area contributed by atoms with Crippen LogP contribution in [-0.4, -0.2) is 47.6 Å². The predicted octanol–water partition coefficient (Wildman–Crippen LogP) is 1.73. The van der Waals surface area contributed by atoms with Crippen LogP contribution in [0.2, 0.25) is 0 Å². The van der Waals surface area contributed by atoms with E-state index in [1.165, 1.54) is 6.07 Å². The van der Waals surface area contributed by atoms with Gasteiger partial charge in [-0.1, -0.05) is 23.4 Å². The molecule has 0 aliphatic carbocycles. The summed E-state index contributed by atoms with van der Waals surface area (Å²) in [6.07, 6.45) is 5.90. The smallest absolute Gasteiger partial charge is 0.167 e. The number of nitrogens with zero attached hydrogens (tertiary/aromatic N) is 4. The first kappa shape index (κ1) is 16.0. The standard InChI is InChI=1S/C15H17FN4O2S/c16-14-3-1-2-13(10-20-9-6-17-18-20)15(14)12-4-7-19(8-5-12)11-23(21)22/h1-4,6,9H,5,7-8,10-11H2,(H,21,22). The van der Waals surface area contributed by atoms with Crippen LogP contribution in [0.3, 0.4) is 0 Å². The average Bonchev–Trinajstić information content (AvgIpc) is 3.01. The lowest BCUT2D eigenvalue weighted by Gasteiger charge is -2.26. The Hall–Kier alpha value is -1.90. The molecule has 1 N–H and O–H groups in total. The van der Waals surface area contributed by atoms with Gasteiger partial charge in [0.25, 0.3) is 0 Å². The third-order valence-electron chi connectivity index (χ3n) is 3.81. The molecule has 2 aromatic rings. The van der Waals surface area contributed by atoms with Crippen molar-refractivity contribution in [2.45, 2.75) is 13.0 Å². The molecule has 0 saturated carbocycles. The second-order valence-electron chi connectivity index (χ2n) is 5.38. The van der Waals surface area contributed by atoms with Crippen molar-refractivity contribution in [3.05, 3.63) is 53.6 Å². The quantitative estimate of drug-likeness (QED) is 0.842. The Morgan fingerprint density at radius 2 is 2.26 bits per heavy atom. The van der Waals surface area contributed by atoms with Crippen LogP contribution in [0.5, 0.6) is 0 Å². The van der Waals surface area contributed by atoms with Crippen molar-refractivity contribution < 1.29 is 13.2 Å². The van der Waals surface area contributed by atoms with Gasteiger partial charge in [-0.3, -0.25) is 4.90 Å². The number of benzene rings is 1. The minimum atomic E-state index is -1.85. The molecule has 122 valence electrons. The Labute approximate surface area is 135 Å². The first-order valence-electron chi connectivity index (χ1n) is 7.24. The van der Waals surface area contributed by atoms with Crippen LogP contribution in [-0.2, 0) is 17.6 Å². The fourth-order valence-electron chi connectivity index (χ4n) is 2.76. The molecule has 1 aromatic carbocycles. The number of rotatable bonds is 5. The van der Waals surface area contributed by atoms with Crippen molar-refractivity contribution in [3.63, 3.8) is 0 Å². The van der Waals surface area contributed by atoms with Crippen LogP contribution in [0.15, 0.2) is 36.7 Å². The van der Waals surface area contributed by atoms with Gasteiger partial charge in [0.05, 0.1) is 12.7 Å². The van der Waals surface area contributed by atoms with Gasteiger partial charge < -0.3 is 4.55 Å². The van der Waals surface area contributed by atoms with Crippen LogP contribution in [0, 0.1) is 5.82 Å². The zero-order valence-corrected chi connectivity index (χ0v) is 13.2. The molecule has 8 heteroatoms. The highest BCUT2D eigenvalue weighted by atomic mass is 32.2. The van der Waals surface area contributed by atoms with Gasteiger partial charge in [-0.05, 0) is 23.6 Å². The zero-order valence-electron chi connectivity index (χ0n) is 12.4. The Morgan fingerprint density at radius 3 is 2.91 bits per heavy atom. The van der Waals surface area contributed by atoms with Gasteiger partial charge in [0.15, 0.2) is 11.1 Å². The van der Waals surface area contributed by atoms with E-state index >= 15 is 0 Å². The van der Waals surface area contributed by atoms with Crippen molar-refractivity contribution in [1.29, 1.82) is 0 Å². The van der Waals surface area contributed by atoms with Gasteiger partial charge in [0.1, 0.15) is 11.7 Å². The summed E-state index contributed by atoms with van der Waals surface area (Å²) in [4.78, 5) is 1.87. The van der Waals surface area contributed by atoms with Gasteiger partial charge in [-0.15, -0.1) is 5.10 Å². The molecule has 0 saturated heterocycles. The number of hydrogen-bond donors (Lipinski definition) is 1. The lowest BCUT2D eigenvalue weighted by atomic mass is 9.94. The van der Waals surface area contributed by atoms with Gasteiger partial charge in [0, 0.05) is 24.8 Å². The highest BCUT2D eigenvalue weighted by molar-refractivity contribution is 7.79. The van der Waals surface area contributed by atoms with Gasteiger partial charge in [0.2, 0.25) is 0 Å². The van der Waals surface area contributed by atoms with Crippen molar-refractivity contribution in [2.24, 2.45) is 0 Å². The van der Waals surface area contributed by atoms with Crippen LogP contribution < -0.4 is 0 Å². The Balaban J connectivity index is 1.85. The highest BCUT2D eigenvalue weighted by Gasteiger charge is 2.19. The number of hydrogen-bond acceptors (Lipinski definition) is 4. The lowest BCUT2D eigenvalue weighted by molar-refractivity contribution is 0.342. The summed E-state index contributed by atoms with van der Waals surface area (Å²) in [6.45, 7) is 1.63. The van der Waals surface area contributed by atoms with E-state index in [1.807, 2.05) is 17.0 Å². The first-order chi connectivity index (χ1) is 11.1. The molecule has 0 amide bonds. The molecule has 0 fully saturated rings.